The molecule has 0 fully saturated rings. The molecule has 1 N–H and O–H groups in total. The standard InChI is InChI=1S/C13H14BrClN2/c1-3-4-16-13-8(2)5-9-6-10(14)7-11(15)12(9)17-13/h5-7H,3-4H2,1-2H3,(H,16,17). The number of anilines is 1. The fourth-order valence-electron chi connectivity index (χ4n) is 1.74. The van der Waals surface area contributed by atoms with Crippen LogP contribution in [0.5, 0.6) is 0 Å². The number of aromatic nitrogens is 1. The van der Waals surface area contributed by atoms with E-state index in [0.717, 1.165) is 39.7 Å². The van der Waals surface area contributed by atoms with E-state index >= 15 is 0 Å². The van der Waals surface area contributed by atoms with Crippen LogP contribution in [0.15, 0.2) is 22.7 Å². The first-order valence-corrected chi connectivity index (χ1v) is 6.79. The van der Waals surface area contributed by atoms with Crippen LogP contribution in [-0.2, 0) is 0 Å². The van der Waals surface area contributed by atoms with E-state index in [-0.39, 0.29) is 0 Å². The number of nitrogens with one attached hydrogen (secondary N) is 1. The smallest absolute Gasteiger partial charge is 0.129 e. The van der Waals surface area contributed by atoms with Crippen molar-refractivity contribution in [3.8, 4) is 0 Å². The lowest BCUT2D eigenvalue weighted by Crippen LogP contribution is -2.04. The van der Waals surface area contributed by atoms with Gasteiger partial charge in [-0.05, 0) is 37.1 Å². The number of benzene rings is 1. The molecule has 0 aliphatic rings. The van der Waals surface area contributed by atoms with Gasteiger partial charge in [0.15, 0.2) is 0 Å². The van der Waals surface area contributed by atoms with Crippen LogP contribution < -0.4 is 5.32 Å². The molecule has 0 bridgehead atoms. The largest absolute Gasteiger partial charge is 0.370 e. The number of halogens is 2. The van der Waals surface area contributed by atoms with Crippen LogP contribution in [0, 0.1) is 6.92 Å². The Labute approximate surface area is 115 Å². The van der Waals surface area contributed by atoms with E-state index < -0.39 is 0 Å². The van der Waals surface area contributed by atoms with Gasteiger partial charge < -0.3 is 5.32 Å². The maximum absolute atomic E-state index is 6.20. The fraction of sp³-hybridized carbons (Fsp3) is 0.308. The van der Waals surface area contributed by atoms with Crippen molar-refractivity contribution in [3.63, 3.8) is 0 Å². The molecule has 0 amide bonds. The van der Waals surface area contributed by atoms with Crippen molar-refractivity contribution < 1.29 is 0 Å². The quantitative estimate of drug-likeness (QED) is 0.882. The van der Waals surface area contributed by atoms with E-state index in [0.29, 0.717) is 5.02 Å². The number of hydrogen-bond acceptors (Lipinski definition) is 2. The Bertz CT molecular complexity index is 555. The molecule has 0 unspecified atom stereocenters. The fourth-order valence-corrected chi connectivity index (χ4v) is 2.61. The van der Waals surface area contributed by atoms with Crippen molar-refractivity contribution in [2.75, 3.05) is 11.9 Å². The number of fused-ring (bicyclic) bond motifs is 1. The van der Waals surface area contributed by atoms with Crippen molar-refractivity contribution >= 4 is 44.3 Å². The minimum absolute atomic E-state index is 0.675. The molecule has 0 spiro atoms. The highest BCUT2D eigenvalue weighted by atomic mass is 79.9. The Morgan fingerprint density at radius 3 is 2.82 bits per heavy atom. The third-order valence-electron chi connectivity index (χ3n) is 2.57. The summed E-state index contributed by atoms with van der Waals surface area (Å²) in [7, 11) is 0. The van der Waals surface area contributed by atoms with Crippen LogP contribution in [0.4, 0.5) is 5.82 Å². The Balaban J connectivity index is 2.55. The average Bonchev–Trinajstić information content (AvgIpc) is 2.26. The minimum Gasteiger partial charge on any atom is -0.370 e. The molecule has 1 aromatic heterocycles. The van der Waals surface area contributed by atoms with Gasteiger partial charge in [0.05, 0.1) is 10.5 Å². The predicted octanol–water partition coefficient (Wildman–Crippen LogP) is 4.78. The van der Waals surface area contributed by atoms with Crippen LogP contribution in [0.3, 0.4) is 0 Å². The second-order valence-electron chi connectivity index (χ2n) is 4.04. The van der Waals surface area contributed by atoms with Crippen molar-refractivity contribution in [2.24, 2.45) is 0 Å². The highest BCUT2D eigenvalue weighted by molar-refractivity contribution is 9.10. The van der Waals surface area contributed by atoms with Crippen LogP contribution in [0.25, 0.3) is 10.9 Å². The molecule has 0 aliphatic carbocycles. The Morgan fingerprint density at radius 2 is 2.12 bits per heavy atom. The molecule has 1 heterocycles. The third-order valence-corrected chi connectivity index (χ3v) is 3.32. The normalized spacial score (nSPS) is 10.8. The number of pyridine rings is 1. The Kier molecular flexibility index (Phi) is 3.89. The summed E-state index contributed by atoms with van der Waals surface area (Å²) in [5.41, 5.74) is 1.99. The maximum atomic E-state index is 6.20. The van der Waals surface area contributed by atoms with E-state index in [1.807, 2.05) is 12.1 Å². The molecule has 2 aromatic rings. The molecule has 2 nitrogen and oxygen atoms in total. The van der Waals surface area contributed by atoms with Gasteiger partial charge in [-0.1, -0.05) is 34.5 Å². The molecule has 90 valence electrons. The number of nitrogens with zero attached hydrogens (tertiary/aromatic N) is 1. The number of hydrogen-bond donors (Lipinski definition) is 1. The molecule has 4 heteroatoms. The zero-order chi connectivity index (χ0) is 12.4. The molecule has 2 rings (SSSR count). The van der Waals surface area contributed by atoms with Crippen LogP contribution in [-0.4, -0.2) is 11.5 Å². The first-order chi connectivity index (χ1) is 8.11. The summed E-state index contributed by atoms with van der Waals surface area (Å²) in [5, 5.41) is 5.05. The van der Waals surface area contributed by atoms with E-state index in [9.17, 15) is 0 Å². The van der Waals surface area contributed by atoms with Crippen molar-refractivity contribution in [2.45, 2.75) is 20.3 Å². The molecule has 1 aromatic carbocycles. The van der Waals surface area contributed by atoms with Gasteiger partial charge in [0.1, 0.15) is 5.82 Å². The molecular weight excluding hydrogens is 300 g/mol. The first-order valence-electron chi connectivity index (χ1n) is 5.62. The second kappa shape index (κ2) is 5.23. The van der Waals surface area contributed by atoms with Crippen molar-refractivity contribution in [3.05, 3.63) is 33.3 Å². The van der Waals surface area contributed by atoms with Gasteiger partial charge in [0.25, 0.3) is 0 Å². The van der Waals surface area contributed by atoms with Gasteiger partial charge >= 0.3 is 0 Å². The Morgan fingerprint density at radius 1 is 1.35 bits per heavy atom. The number of aryl methyl sites for hydroxylation is 1. The van der Waals surface area contributed by atoms with E-state index in [2.05, 4.69) is 46.1 Å². The first kappa shape index (κ1) is 12.7. The molecular formula is C13H14BrClN2. The SMILES string of the molecule is CCCNc1nc2c(Cl)cc(Br)cc2cc1C. The highest BCUT2D eigenvalue weighted by Crippen LogP contribution is 2.29. The van der Waals surface area contributed by atoms with Gasteiger partial charge in [-0.3, -0.25) is 0 Å². The monoisotopic (exact) mass is 312 g/mol. The van der Waals surface area contributed by atoms with Gasteiger partial charge in [-0.25, -0.2) is 4.98 Å². The van der Waals surface area contributed by atoms with E-state index in [4.69, 9.17) is 11.6 Å². The summed E-state index contributed by atoms with van der Waals surface area (Å²) in [4.78, 5) is 4.59. The number of rotatable bonds is 3. The van der Waals surface area contributed by atoms with Crippen molar-refractivity contribution in [1.29, 1.82) is 0 Å². The second-order valence-corrected chi connectivity index (χ2v) is 5.36. The van der Waals surface area contributed by atoms with Gasteiger partial charge in [0.2, 0.25) is 0 Å². The maximum Gasteiger partial charge on any atom is 0.129 e. The summed E-state index contributed by atoms with van der Waals surface area (Å²) in [6, 6.07) is 6.01. The zero-order valence-corrected chi connectivity index (χ0v) is 12.2. The summed E-state index contributed by atoms with van der Waals surface area (Å²) in [5.74, 6) is 0.920. The van der Waals surface area contributed by atoms with Crippen LogP contribution >= 0.6 is 27.5 Å². The summed E-state index contributed by atoms with van der Waals surface area (Å²) in [6.07, 6.45) is 1.08. The third kappa shape index (κ3) is 2.72. The summed E-state index contributed by atoms with van der Waals surface area (Å²) in [6.45, 7) is 5.11. The lowest BCUT2D eigenvalue weighted by atomic mass is 10.1. The molecule has 0 radical (unpaired) electrons. The molecule has 17 heavy (non-hydrogen) atoms. The summed E-state index contributed by atoms with van der Waals surface area (Å²) < 4.78 is 0.977. The van der Waals surface area contributed by atoms with Crippen LogP contribution in [0.2, 0.25) is 5.02 Å². The molecule has 0 saturated carbocycles. The average molecular weight is 314 g/mol. The highest BCUT2D eigenvalue weighted by Gasteiger charge is 2.07. The van der Waals surface area contributed by atoms with Gasteiger partial charge in [-0.15, -0.1) is 0 Å². The minimum atomic E-state index is 0.675. The summed E-state index contributed by atoms with van der Waals surface area (Å²) >= 11 is 9.64. The van der Waals surface area contributed by atoms with Crippen molar-refractivity contribution in [1.82, 2.24) is 4.98 Å². The van der Waals surface area contributed by atoms with Crippen LogP contribution in [0.1, 0.15) is 18.9 Å². The molecule has 0 saturated heterocycles. The van der Waals surface area contributed by atoms with Gasteiger partial charge in [-0.2, -0.15) is 0 Å². The van der Waals surface area contributed by atoms with E-state index in [1.54, 1.807) is 0 Å². The zero-order valence-electron chi connectivity index (χ0n) is 9.85. The Hall–Kier alpha value is -0.800. The van der Waals surface area contributed by atoms with E-state index in [1.165, 1.54) is 0 Å². The lowest BCUT2D eigenvalue weighted by molar-refractivity contribution is 0.968. The molecule has 0 atom stereocenters. The molecule has 0 aliphatic heterocycles. The van der Waals surface area contributed by atoms with Gasteiger partial charge in [0, 0.05) is 16.4 Å². The topological polar surface area (TPSA) is 24.9 Å². The lowest BCUT2D eigenvalue weighted by Gasteiger charge is -2.10. The predicted molar refractivity (Wildman–Crippen MR) is 78.0 cm³/mol.